The topological polar surface area (TPSA) is 84.9 Å². The molecule has 1 fully saturated rings. The fraction of sp³-hybridized carbons (Fsp3) is 0.375. The number of amides is 1. The number of likely N-dealkylation sites (tertiary alicyclic amines) is 1. The van der Waals surface area contributed by atoms with Crippen LogP contribution in [0.4, 0.5) is 11.4 Å². The summed E-state index contributed by atoms with van der Waals surface area (Å²) in [7, 11) is 1.37. The first kappa shape index (κ1) is 22.3. The average Bonchev–Trinajstić information content (AvgIpc) is 2.80. The number of esters is 2. The Labute approximate surface area is 182 Å². The van der Waals surface area contributed by atoms with E-state index in [1.165, 1.54) is 7.11 Å². The standard InChI is InChI=1S/C24H28N2O5/c1-16-7-6-10-20(17(16)2)25-21-9-5-4-8-19(21)24(29)31-15-22(27)26-13-11-18(12-14-26)23(28)30-3/h4-10,18,25H,11-15H2,1-3H3. The van der Waals surface area contributed by atoms with Gasteiger partial charge in [-0.2, -0.15) is 0 Å². The van der Waals surface area contributed by atoms with E-state index in [1.54, 1.807) is 23.1 Å². The van der Waals surface area contributed by atoms with Crippen molar-refractivity contribution in [3.8, 4) is 0 Å². The number of methoxy groups -OCH3 is 1. The molecule has 3 rings (SSSR count). The zero-order chi connectivity index (χ0) is 22.4. The molecule has 1 saturated heterocycles. The number of benzene rings is 2. The van der Waals surface area contributed by atoms with E-state index in [1.807, 2.05) is 38.1 Å². The van der Waals surface area contributed by atoms with E-state index < -0.39 is 5.97 Å². The van der Waals surface area contributed by atoms with Crippen molar-refractivity contribution in [1.82, 2.24) is 4.90 Å². The Kier molecular flexibility index (Phi) is 7.28. The van der Waals surface area contributed by atoms with Crippen molar-refractivity contribution in [3.05, 3.63) is 59.2 Å². The maximum absolute atomic E-state index is 12.7. The minimum absolute atomic E-state index is 0.181. The van der Waals surface area contributed by atoms with Crippen LogP contribution in [0, 0.1) is 19.8 Å². The van der Waals surface area contributed by atoms with Crippen LogP contribution in [0.15, 0.2) is 42.5 Å². The van der Waals surface area contributed by atoms with E-state index in [0.29, 0.717) is 37.2 Å². The van der Waals surface area contributed by atoms with E-state index in [2.05, 4.69) is 5.32 Å². The van der Waals surface area contributed by atoms with Crippen molar-refractivity contribution in [3.63, 3.8) is 0 Å². The predicted molar refractivity (Wildman–Crippen MR) is 117 cm³/mol. The number of nitrogens with one attached hydrogen (secondary N) is 1. The van der Waals surface area contributed by atoms with E-state index in [0.717, 1.165) is 16.8 Å². The first-order valence-electron chi connectivity index (χ1n) is 10.4. The Balaban J connectivity index is 1.59. The Morgan fingerprint density at radius 2 is 1.68 bits per heavy atom. The average molecular weight is 424 g/mol. The van der Waals surface area contributed by atoms with Gasteiger partial charge in [0.2, 0.25) is 0 Å². The number of anilines is 2. The third kappa shape index (κ3) is 5.42. The van der Waals surface area contributed by atoms with Gasteiger partial charge in [-0.15, -0.1) is 0 Å². The third-order valence-corrected chi connectivity index (χ3v) is 5.73. The molecule has 7 nitrogen and oxygen atoms in total. The SMILES string of the molecule is COC(=O)C1CCN(C(=O)COC(=O)c2ccccc2Nc2cccc(C)c2C)CC1. The van der Waals surface area contributed by atoms with Crippen LogP contribution in [0.25, 0.3) is 0 Å². The van der Waals surface area contributed by atoms with Crippen molar-refractivity contribution in [2.45, 2.75) is 26.7 Å². The van der Waals surface area contributed by atoms with Crippen LogP contribution in [-0.2, 0) is 19.1 Å². The molecule has 0 unspecified atom stereocenters. The summed E-state index contributed by atoms with van der Waals surface area (Å²) in [5, 5.41) is 3.29. The molecule has 1 amide bonds. The monoisotopic (exact) mass is 424 g/mol. The predicted octanol–water partition coefficient (Wildman–Crippen LogP) is 3.62. The number of rotatable bonds is 6. The summed E-state index contributed by atoms with van der Waals surface area (Å²) in [5.41, 5.74) is 4.13. The number of hydrogen-bond donors (Lipinski definition) is 1. The second kappa shape index (κ2) is 10.1. The lowest BCUT2D eigenvalue weighted by atomic mass is 9.97. The molecule has 0 bridgehead atoms. The molecular formula is C24H28N2O5. The van der Waals surface area contributed by atoms with E-state index in [-0.39, 0.29) is 24.4 Å². The highest BCUT2D eigenvalue weighted by Crippen LogP contribution is 2.26. The highest BCUT2D eigenvalue weighted by Gasteiger charge is 2.28. The molecule has 1 aliphatic heterocycles. The summed E-state index contributed by atoms with van der Waals surface area (Å²) in [6, 6.07) is 13.0. The Morgan fingerprint density at radius 1 is 1.00 bits per heavy atom. The molecule has 0 aromatic heterocycles. The van der Waals surface area contributed by atoms with Gasteiger partial charge in [-0.25, -0.2) is 4.79 Å². The summed E-state index contributed by atoms with van der Waals surface area (Å²) in [6.07, 6.45) is 1.10. The third-order valence-electron chi connectivity index (χ3n) is 5.73. The molecule has 31 heavy (non-hydrogen) atoms. The van der Waals surface area contributed by atoms with Crippen LogP contribution < -0.4 is 5.32 Å². The zero-order valence-corrected chi connectivity index (χ0v) is 18.1. The summed E-state index contributed by atoms with van der Waals surface area (Å²) in [6.45, 7) is 4.60. The number of ether oxygens (including phenoxy) is 2. The molecule has 1 aliphatic rings. The number of para-hydroxylation sites is 1. The molecule has 164 valence electrons. The molecular weight excluding hydrogens is 396 g/mol. The van der Waals surface area contributed by atoms with Gasteiger partial charge < -0.3 is 19.7 Å². The number of carbonyl (C=O) groups is 3. The first-order chi connectivity index (χ1) is 14.9. The van der Waals surface area contributed by atoms with Crippen molar-refractivity contribution >= 4 is 29.2 Å². The molecule has 0 atom stereocenters. The van der Waals surface area contributed by atoms with Crippen molar-refractivity contribution in [1.29, 1.82) is 0 Å². The number of hydrogen-bond acceptors (Lipinski definition) is 6. The normalized spacial score (nSPS) is 14.1. The van der Waals surface area contributed by atoms with Gasteiger partial charge in [0.15, 0.2) is 6.61 Å². The summed E-state index contributed by atoms with van der Waals surface area (Å²) >= 11 is 0. The number of carbonyl (C=O) groups excluding carboxylic acids is 3. The minimum atomic E-state index is -0.564. The van der Waals surface area contributed by atoms with E-state index in [9.17, 15) is 14.4 Å². The van der Waals surface area contributed by atoms with Crippen LogP contribution in [-0.4, -0.2) is 49.6 Å². The molecule has 2 aromatic carbocycles. The summed E-state index contributed by atoms with van der Waals surface area (Å²) in [4.78, 5) is 38.4. The summed E-state index contributed by atoms with van der Waals surface area (Å²) < 4.78 is 10.1. The molecule has 0 spiro atoms. The van der Waals surface area contributed by atoms with Crippen LogP contribution in [0.3, 0.4) is 0 Å². The highest BCUT2D eigenvalue weighted by molar-refractivity contribution is 5.97. The Hall–Kier alpha value is -3.35. The largest absolute Gasteiger partial charge is 0.469 e. The Bertz CT molecular complexity index is 964. The number of piperidine rings is 1. The van der Waals surface area contributed by atoms with Gasteiger partial charge in [-0.1, -0.05) is 24.3 Å². The molecule has 0 aliphatic carbocycles. The van der Waals surface area contributed by atoms with Crippen molar-refractivity contribution in [2.75, 3.05) is 32.1 Å². The van der Waals surface area contributed by atoms with Gasteiger partial charge in [-0.05, 0) is 56.0 Å². The molecule has 0 saturated carbocycles. The van der Waals surface area contributed by atoms with Crippen LogP contribution in [0.5, 0.6) is 0 Å². The maximum atomic E-state index is 12.7. The van der Waals surface area contributed by atoms with Gasteiger partial charge >= 0.3 is 11.9 Å². The quantitative estimate of drug-likeness (QED) is 0.713. The lowest BCUT2D eigenvalue weighted by Crippen LogP contribution is -2.42. The minimum Gasteiger partial charge on any atom is -0.469 e. The maximum Gasteiger partial charge on any atom is 0.340 e. The first-order valence-corrected chi connectivity index (χ1v) is 10.4. The zero-order valence-electron chi connectivity index (χ0n) is 18.1. The van der Waals surface area contributed by atoms with E-state index >= 15 is 0 Å². The smallest absolute Gasteiger partial charge is 0.340 e. The van der Waals surface area contributed by atoms with Gasteiger partial charge in [0.25, 0.3) is 5.91 Å². The van der Waals surface area contributed by atoms with Crippen molar-refractivity contribution < 1.29 is 23.9 Å². The lowest BCUT2D eigenvalue weighted by Gasteiger charge is -2.30. The van der Waals surface area contributed by atoms with Crippen LogP contribution in [0.2, 0.25) is 0 Å². The number of aryl methyl sites for hydroxylation is 1. The molecule has 1 N–H and O–H groups in total. The second-order valence-electron chi connectivity index (χ2n) is 7.67. The van der Waals surface area contributed by atoms with E-state index in [4.69, 9.17) is 9.47 Å². The fourth-order valence-corrected chi connectivity index (χ4v) is 3.63. The number of nitrogens with zero attached hydrogens (tertiary/aromatic N) is 1. The van der Waals surface area contributed by atoms with Gasteiger partial charge in [0, 0.05) is 18.8 Å². The second-order valence-corrected chi connectivity index (χ2v) is 7.67. The van der Waals surface area contributed by atoms with Gasteiger partial charge in [0.05, 0.1) is 24.3 Å². The molecule has 0 radical (unpaired) electrons. The molecule has 1 heterocycles. The van der Waals surface area contributed by atoms with Gasteiger partial charge in [-0.3, -0.25) is 9.59 Å². The van der Waals surface area contributed by atoms with Gasteiger partial charge in [0.1, 0.15) is 0 Å². The summed E-state index contributed by atoms with van der Waals surface area (Å²) in [5.74, 6) is -1.26. The van der Waals surface area contributed by atoms with Crippen LogP contribution in [0.1, 0.15) is 34.3 Å². The van der Waals surface area contributed by atoms with Crippen molar-refractivity contribution in [2.24, 2.45) is 5.92 Å². The Morgan fingerprint density at radius 3 is 2.39 bits per heavy atom. The molecule has 2 aromatic rings. The highest BCUT2D eigenvalue weighted by atomic mass is 16.5. The lowest BCUT2D eigenvalue weighted by molar-refractivity contribution is -0.149. The fourth-order valence-electron chi connectivity index (χ4n) is 3.63. The van der Waals surface area contributed by atoms with Crippen LogP contribution >= 0.6 is 0 Å². The molecule has 7 heteroatoms.